The van der Waals surface area contributed by atoms with Gasteiger partial charge in [0.15, 0.2) is 0 Å². The maximum absolute atomic E-state index is 5.83. The molecular formula is C6H8Cl4. The molecule has 0 saturated carbocycles. The summed E-state index contributed by atoms with van der Waals surface area (Å²) in [6.45, 7) is 0. The molecule has 0 bridgehead atoms. The molecule has 1 unspecified atom stereocenters. The molecular weight excluding hydrogens is 214 g/mol. The van der Waals surface area contributed by atoms with E-state index in [1.54, 1.807) is 0 Å². The molecule has 0 amide bonds. The maximum atomic E-state index is 5.83. The monoisotopic (exact) mass is 220 g/mol. The maximum Gasteiger partial charge on any atom is 0.0579 e. The SMILES string of the molecule is Cl/C=C(/CCl)C(Cl)CCCl. The minimum atomic E-state index is -0.118. The fourth-order valence-corrected chi connectivity index (χ4v) is 1.76. The molecule has 0 aliphatic rings. The zero-order valence-electron chi connectivity index (χ0n) is 5.29. The Morgan fingerprint density at radius 1 is 1.40 bits per heavy atom. The molecule has 0 N–H and O–H groups in total. The number of allylic oxidation sites excluding steroid dienone is 1. The van der Waals surface area contributed by atoms with Crippen LogP contribution in [0.25, 0.3) is 0 Å². The van der Waals surface area contributed by atoms with Crippen LogP contribution in [0.2, 0.25) is 0 Å². The average molecular weight is 222 g/mol. The molecule has 4 heteroatoms. The predicted molar refractivity (Wildman–Crippen MR) is 49.6 cm³/mol. The lowest BCUT2D eigenvalue weighted by molar-refractivity contribution is 0.925. The Morgan fingerprint density at radius 2 is 2.00 bits per heavy atom. The van der Waals surface area contributed by atoms with Crippen LogP contribution < -0.4 is 0 Å². The van der Waals surface area contributed by atoms with Gasteiger partial charge in [-0.2, -0.15) is 0 Å². The molecule has 0 aliphatic heterocycles. The van der Waals surface area contributed by atoms with E-state index >= 15 is 0 Å². The van der Waals surface area contributed by atoms with Crippen LogP contribution in [0.15, 0.2) is 11.1 Å². The van der Waals surface area contributed by atoms with Gasteiger partial charge in [-0.25, -0.2) is 0 Å². The van der Waals surface area contributed by atoms with Crippen LogP contribution in [0.3, 0.4) is 0 Å². The van der Waals surface area contributed by atoms with Crippen molar-refractivity contribution in [3.63, 3.8) is 0 Å². The van der Waals surface area contributed by atoms with E-state index in [1.165, 1.54) is 5.54 Å². The smallest absolute Gasteiger partial charge is 0.0579 e. The van der Waals surface area contributed by atoms with Crippen LogP contribution in [0.1, 0.15) is 6.42 Å². The highest BCUT2D eigenvalue weighted by molar-refractivity contribution is 6.30. The molecule has 0 nitrogen and oxygen atoms in total. The van der Waals surface area contributed by atoms with Gasteiger partial charge in [-0.15, -0.1) is 34.8 Å². The van der Waals surface area contributed by atoms with E-state index in [9.17, 15) is 0 Å². The molecule has 0 aromatic rings. The third kappa shape index (κ3) is 3.92. The van der Waals surface area contributed by atoms with Crippen LogP contribution in [-0.2, 0) is 0 Å². The van der Waals surface area contributed by atoms with Crippen molar-refractivity contribution in [2.45, 2.75) is 11.8 Å². The van der Waals surface area contributed by atoms with Gasteiger partial charge in [0.1, 0.15) is 0 Å². The van der Waals surface area contributed by atoms with Crippen LogP contribution in [0, 0.1) is 0 Å². The lowest BCUT2D eigenvalue weighted by Crippen LogP contribution is -2.04. The Bertz CT molecular complexity index is 110. The van der Waals surface area contributed by atoms with E-state index in [4.69, 9.17) is 46.4 Å². The van der Waals surface area contributed by atoms with Crippen molar-refractivity contribution in [1.29, 1.82) is 0 Å². The van der Waals surface area contributed by atoms with Crippen LogP contribution >= 0.6 is 46.4 Å². The topological polar surface area (TPSA) is 0 Å². The van der Waals surface area contributed by atoms with E-state index in [0.717, 1.165) is 5.57 Å². The van der Waals surface area contributed by atoms with Gasteiger partial charge in [0.2, 0.25) is 0 Å². The van der Waals surface area contributed by atoms with Crippen LogP contribution in [0.5, 0.6) is 0 Å². The second-order valence-electron chi connectivity index (χ2n) is 1.76. The molecule has 0 saturated heterocycles. The van der Waals surface area contributed by atoms with Crippen LogP contribution in [-0.4, -0.2) is 17.1 Å². The third-order valence-corrected chi connectivity index (χ3v) is 2.36. The minimum Gasteiger partial charge on any atom is -0.127 e. The standard InChI is InChI=1S/C6H8Cl4/c7-2-1-6(10)5(3-8)4-9/h3,6H,1-2,4H2/b5-3-. The summed E-state index contributed by atoms with van der Waals surface area (Å²) in [5.41, 5.74) is 2.24. The highest BCUT2D eigenvalue weighted by Gasteiger charge is 2.08. The summed E-state index contributed by atoms with van der Waals surface area (Å²) in [5, 5.41) is -0.118. The van der Waals surface area contributed by atoms with Gasteiger partial charge in [-0.1, -0.05) is 11.6 Å². The van der Waals surface area contributed by atoms with Gasteiger partial charge in [0.25, 0.3) is 0 Å². The van der Waals surface area contributed by atoms with Gasteiger partial charge < -0.3 is 0 Å². The largest absolute Gasteiger partial charge is 0.127 e. The lowest BCUT2D eigenvalue weighted by atomic mass is 10.2. The molecule has 0 aromatic carbocycles. The fourth-order valence-electron chi connectivity index (χ4n) is 0.462. The average Bonchev–Trinajstić information content (AvgIpc) is 1.91. The molecule has 0 radical (unpaired) electrons. The van der Waals surface area contributed by atoms with E-state index in [2.05, 4.69) is 0 Å². The minimum absolute atomic E-state index is 0.118. The van der Waals surface area contributed by atoms with Crippen molar-refractivity contribution in [3.05, 3.63) is 11.1 Å². The number of halogens is 4. The molecule has 0 heterocycles. The Balaban J connectivity index is 3.77. The summed E-state index contributed by atoms with van der Waals surface area (Å²) >= 11 is 22.2. The van der Waals surface area contributed by atoms with Gasteiger partial charge >= 0.3 is 0 Å². The zero-order chi connectivity index (χ0) is 7.98. The number of rotatable bonds is 4. The molecule has 0 spiro atoms. The molecule has 10 heavy (non-hydrogen) atoms. The highest BCUT2D eigenvalue weighted by Crippen LogP contribution is 2.16. The van der Waals surface area contributed by atoms with E-state index in [-0.39, 0.29) is 5.38 Å². The second-order valence-corrected chi connectivity index (χ2v) is 3.15. The van der Waals surface area contributed by atoms with Gasteiger partial charge in [-0.3, -0.25) is 0 Å². The van der Waals surface area contributed by atoms with E-state index in [1.807, 2.05) is 0 Å². The fraction of sp³-hybridized carbons (Fsp3) is 0.667. The molecule has 60 valence electrons. The zero-order valence-corrected chi connectivity index (χ0v) is 8.31. The number of hydrogen-bond donors (Lipinski definition) is 0. The molecule has 0 aliphatic carbocycles. The normalized spacial score (nSPS) is 15.4. The van der Waals surface area contributed by atoms with Gasteiger partial charge in [0, 0.05) is 17.3 Å². The van der Waals surface area contributed by atoms with Crippen molar-refractivity contribution in [2.24, 2.45) is 0 Å². The summed E-state index contributed by atoms with van der Waals surface area (Å²) in [4.78, 5) is 0. The lowest BCUT2D eigenvalue weighted by Gasteiger charge is -2.07. The van der Waals surface area contributed by atoms with E-state index in [0.29, 0.717) is 18.2 Å². The summed E-state index contributed by atoms with van der Waals surface area (Å²) < 4.78 is 0. The summed E-state index contributed by atoms with van der Waals surface area (Å²) in [5.74, 6) is 0.897. The van der Waals surface area contributed by atoms with Crippen molar-refractivity contribution in [2.75, 3.05) is 11.8 Å². The second kappa shape index (κ2) is 6.60. The van der Waals surface area contributed by atoms with Crippen molar-refractivity contribution in [3.8, 4) is 0 Å². The molecule has 0 fully saturated rings. The van der Waals surface area contributed by atoms with Crippen LogP contribution in [0.4, 0.5) is 0 Å². The Hall–Kier alpha value is 0.900. The van der Waals surface area contributed by atoms with Crippen molar-refractivity contribution < 1.29 is 0 Å². The Morgan fingerprint density at radius 3 is 2.30 bits per heavy atom. The highest BCUT2D eigenvalue weighted by atomic mass is 35.5. The first kappa shape index (κ1) is 10.9. The third-order valence-electron chi connectivity index (χ3n) is 1.06. The summed E-state index contributed by atoms with van der Waals surface area (Å²) in [6, 6.07) is 0. The predicted octanol–water partition coefficient (Wildman–Crippen LogP) is 3.58. The van der Waals surface area contributed by atoms with Gasteiger partial charge in [0.05, 0.1) is 5.38 Å². The van der Waals surface area contributed by atoms with E-state index < -0.39 is 0 Å². The quantitative estimate of drug-likeness (QED) is 0.637. The molecule has 0 aromatic heterocycles. The van der Waals surface area contributed by atoms with Crippen molar-refractivity contribution >= 4 is 46.4 Å². The molecule has 0 rings (SSSR count). The number of hydrogen-bond acceptors (Lipinski definition) is 0. The summed E-state index contributed by atoms with van der Waals surface area (Å²) in [6.07, 6.45) is 0.703. The first-order valence-corrected chi connectivity index (χ1v) is 4.75. The molecule has 1 atom stereocenters. The first-order chi connectivity index (χ1) is 4.76. The Kier molecular flexibility index (Phi) is 7.19. The van der Waals surface area contributed by atoms with Gasteiger partial charge in [-0.05, 0) is 12.0 Å². The van der Waals surface area contributed by atoms with Crippen molar-refractivity contribution in [1.82, 2.24) is 0 Å². The number of alkyl halides is 3. The first-order valence-electron chi connectivity index (χ1n) is 2.81. The Labute approximate surface area is 81.1 Å². The summed E-state index contributed by atoms with van der Waals surface area (Å²) in [7, 11) is 0.